The third kappa shape index (κ3) is 1.20. The lowest BCUT2D eigenvalue weighted by Crippen LogP contribution is -2.17. The minimum absolute atomic E-state index is 0.363. The second-order valence-electron chi connectivity index (χ2n) is 3.37. The molecule has 0 spiro atoms. The van der Waals surface area contributed by atoms with Gasteiger partial charge in [0.1, 0.15) is 11.5 Å². The highest BCUT2D eigenvalue weighted by Gasteiger charge is 2.09. The topological polar surface area (TPSA) is 75.9 Å². The van der Waals surface area contributed by atoms with Gasteiger partial charge in [-0.3, -0.25) is 4.98 Å². The van der Waals surface area contributed by atoms with Gasteiger partial charge in [-0.25, -0.2) is 14.8 Å². The number of rotatable bonds is 0. The van der Waals surface area contributed by atoms with Crippen LogP contribution in [0.3, 0.4) is 0 Å². The van der Waals surface area contributed by atoms with Crippen molar-refractivity contribution >= 4 is 28.3 Å². The first kappa shape index (κ1) is 9.29. The number of pyridine rings is 1. The molecule has 0 fully saturated rings. The number of hydrogen-bond acceptors (Lipinski definition) is 4. The molecule has 1 N–H and O–H groups in total. The van der Waals surface area contributed by atoms with Crippen molar-refractivity contribution in [3.05, 3.63) is 33.6 Å². The van der Waals surface area contributed by atoms with Crippen molar-refractivity contribution in [3.63, 3.8) is 0 Å². The third-order valence-corrected chi connectivity index (χ3v) is 2.43. The monoisotopic (exact) mass is 235 g/mol. The highest BCUT2D eigenvalue weighted by Crippen LogP contribution is 2.17. The zero-order valence-electron chi connectivity index (χ0n) is 8.23. The van der Waals surface area contributed by atoms with Crippen molar-refractivity contribution < 1.29 is 0 Å². The quantitative estimate of drug-likeness (QED) is 0.629. The summed E-state index contributed by atoms with van der Waals surface area (Å²) in [5, 5.41) is 5.15. The van der Waals surface area contributed by atoms with E-state index < -0.39 is 0 Å². The maximum atomic E-state index is 11.6. The number of nitrogens with zero attached hydrogens (tertiary/aromatic N) is 4. The average molecular weight is 236 g/mol. The number of fused-ring (bicyclic) bond motifs is 3. The molecule has 16 heavy (non-hydrogen) atoms. The van der Waals surface area contributed by atoms with Crippen LogP contribution < -0.4 is 5.69 Å². The predicted molar refractivity (Wildman–Crippen MR) is 58.7 cm³/mol. The molecule has 0 saturated carbocycles. The Labute approximate surface area is 93.9 Å². The molecule has 0 aliphatic carbocycles. The Morgan fingerprint density at radius 2 is 2.31 bits per heavy atom. The van der Waals surface area contributed by atoms with Crippen molar-refractivity contribution in [3.8, 4) is 0 Å². The molecule has 0 bridgehead atoms. The highest BCUT2D eigenvalue weighted by molar-refractivity contribution is 6.31. The van der Waals surface area contributed by atoms with E-state index in [1.54, 1.807) is 13.0 Å². The minimum Gasteiger partial charge on any atom is -0.290 e. The molecule has 0 saturated heterocycles. The van der Waals surface area contributed by atoms with E-state index in [2.05, 4.69) is 20.1 Å². The normalized spacial score (nSPS) is 11.4. The Bertz CT molecular complexity index is 760. The molecule has 0 radical (unpaired) electrons. The standard InChI is InChI=1S/C9H6ClN5O/c1-4-12-8-6-2-5(10)3-11-7(6)13-9(16)15(8)14-4/h2-3H,1H3,(H,11,13,16). The minimum atomic E-state index is -0.363. The summed E-state index contributed by atoms with van der Waals surface area (Å²) in [6.45, 7) is 1.72. The number of aromatic amines is 1. The fourth-order valence-electron chi connectivity index (χ4n) is 1.59. The summed E-state index contributed by atoms with van der Waals surface area (Å²) in [4.78, 5) is 22.4. The number of aromatic nitrogens is 5. The van der Waals surface area contributed by atoms with Crippen molar-refractivity contribution in [1.82, 2.24) is 24.6 Å². The first-order valence-electron chi connectivity index (χ1n) is 4.56. The van der Waals surface area contributed by atoms with Crippen LogP contribution in [0.1, 0.15) is 5.82 Å². The van der Waals surface area contributed by atoms with Crippen molar-refractivity contribution in [1.29, 1.82) is 0 Å². The van der Waals surface area contributed by atoms with Gasteiger partial charge in [0.05, 0.1) is 10.4 Å². The van der Waals surface area contributed by atoms with Gasteiger partial charge in [-0.2, -0.15) is 4.52 Å². The van der Waals surface area contributed by atoms with Crippen molar-refractivity contribution in [2.24, 2.45) is 0 Å². The summed E-state index contributed by atoms with van der Waals surface area (Å²) < 4.78 is 1.20. The van der Waals surface area contributed by atoms with E-state index in [0.717, 1.165) is 0 Å². The Morgan fingerprint density at radius 1 is 1.50 bits per heavy atom. The van der Waals surface area contributed by atoms with Gasteiger partial charge in [-0.15, -0.1) is 5.10 Å². The summed E-state index contributed by atoms with van der Waals surface area (Å²) in [6.07, 6.45) is 1.47. The zero-order chi connectivity index (χ0) is 11.3. The van der Waals surface area contributed by atoms with Crippen molar-refractivity contribution in [2.75, 3.05) is 0 Å². The number of nitrogens with one attached hydrogen (secondary N) is 1. The predicted octanol–water partition coefficient (Wildman–Crippen LogP) is 0.928. The van der Waals surface area contributed by atoms with Gasteiger partial charge in [-0.1, -0.05) is 11.6 Å². The maximum absolute atomic E-state index is 11.6. The van der Waals surface area contributed by atoms with Crippen LogP contribution in [-0.4, -0.2) is 24.6 Å². The third-order valence-electron chi connectivity index (χ3n) is 2.23. The van der Waals surface area contributed by atoms with Crippen LogP contribution in [0.5, 0.6) is 0 Å². The van der Waals surface area contributed by atoms with Gasteiger partial charge in [-0.05, 0) is 13.0 Å². The Balaban J connectivity index is 2.65. The Hall–Kier alpha value is -1.95. The molecule has 3 aromatic heterocycles. The van der Waals surface area contributed by atoms with E-state index in [4.69, 9.17) is 11.6 Å². The molecule has 6 nitrogen and oxygen atoms in total. The van der Waals surface area contributed by atoms with Gasteiger partial charge in [0.2, 0.25) is 0 Å². The number of hydrogen-bond donors (Lipinski definition) is 1. The first-order valence-corrected chi connectivity index (χ1v) is 4.94. The molecule has 3 heterocycles. The lowest BCUT2D eigenvalue weighted by molar-refractivity contribution is 0.860. The summed E-state index contributed by atoms with van der Waals surface area (Å²) in [6, 6.07) is 1.70. The van der Waals surface area contributed by atoms with E-state index in [0.29, 0.717) is 27.5 Å². The summed E-state index contributed by atoms with van der Waals surface area (Å²) in [5.74, 6) is 0.526. The van der Waals surface area contributed by atoms with Crippen LogP contribution in [0, 0.1) is 6.92 Å². The van der Waals surface area contributed by atoms with Crippen LogP contribution in [0.15, 0.2) is 17.1 Å². The molecule has 0 amide bonds. The van der Waals surface area contributed by atoms with E-state index in [9.17, 15) is 4.79 Å². The van der Waals surface area contributed by atoms with Crippen LogP contribution in [0.25, 0.3) is 16.7 Å². The molecule has 3 rings (SSSR count). The fourth-order valence-corrected chi connectivity index (χ4v) is 1.75. The van der Waals surface area contributed by atoms with Crippen LogP contribution >= 0.6 is 11.6 Å². The molecule has 3 aromatic rings. The lowest BCUT2D eigenvalue weighted by atomic mass is 10.3. The molecular weight excluding hydrogens is 230 g/mol. The van der Waals surface area contributed by atoms with Crippen LogP contribution in [0.4, 0.5) is 0 Å². The van der Waals surface area contributed by atoms with Gasteiger partial charge >= 0.3 is 5.69 Å². The second kappa shape index (κ2) is 3.02. The van der Waals surface area contributed by atoms with E-state index in [-0.39, 0.29) is 5.69 Å². The summed E-state index contributed by atoms with van der Waals surface area (Å²) in [7, 11) is 0. The molecule has 7 heteroatoms. The van der Waals surface area contributed by atoms with Crippen LogP contribution in [0.2, 0.25) is 5.02 Å². The number of aryl methyl sites for hydroxylation is 1. The first-order chi connectivity index (χ1) is 7.65. The van der Waals surface area contributed by atoms with Gasteiger partial charge in [0.15, 0.2) is 5.65 Å². The van der Waals surface area contributed by atoms with Gasteiger partial charge in [0.25, 0.3) is 0 Å². The molecule has 0 aliphatic heterocycles. The molecule has 0 atom stereocenters. The molecule has 0 unspecified atom stereocenters. The molecule has 0 aliphatic rings. The highest BCUT2D eigenvalue weighted by atomic mass is 35.5. The molecule has 0 aromatic carbocycles. The fraction of sp³-hybridized carbons (Fsp3) is 0.111. The van der Waals surface area contributed by atoms with Gasteiger partial charge < -0.3 is 0 Å². The van der Waals surface area contributed by atoms with Crippen molar-refractivity contribution in [2.45, 2.75) is 6.92 Å². The van der Waals surface area contributed by atoms with E-state index in [1.807, 2.05) is 0 Å². The van der Waals surface area contributed by atoms with E-state index in [1.165, 1.54) is 10.7 Å². The largest absolute Gasteiger partial charge is 0.349 e. The summed E-state index contributed by atoms with van der Waals surface area (Å²) >= 11 is 5.85. The second-order valence-corrected chi connectivity index (χ2v) is 3.81. The van der Waals surface area contributed by atoms with Crippen LogP contribution in [-0.2, 0) is 0 Å². The maximum Gasteiger partial charge on any atom is 0.349 e. The molecule has 80 valence electrons. The molecular formula is C9H6ClN5O. The number of H-pyrrole nitrogens is 1. The average Bonchev–Trinajstić information content (AvgIpc) is 2.62. The summed E-state index contributed by atoms with van der Waals surface area (Å²) in [5.41, 5.74) is 0.554. The smallest absolute Gasteiger partial charge is 0.290 e. The Kier molecular flexibility index (Phi) is 1.75. The number of halogens is 1. The lowest BCUT2D eigenvalue weighted by Gasteiger charge is -1.98. The van der Waals surface area contributed by atoms with Gasteiger partial charge in [0, 0.05) is 6.20 Å². The SMILES string of the molecule is Cc1nc2c3cc(Cl)cnc3[nH]c(=O)n2n1. The zero-order valence-corrected chi connectivity index (χ0v) is 8.99. The Morgan fingerprint density at radius 3 is 3.12 bits per heavy atom. The van der Waals surface area contributed by atoms with E-state index >= 15 is 0 Å².